The number of allylic oxidation sites excluding steroid dienone is 1. The molecule has 0 spiro atoms. The zero-order valence-electron chi connectivity index (χ0n) is 14.3. The van der Waals surface area contributed by atoms with E-state index in [0.717, 1.165) is 5.56 Å². The number of rotatable bonds is 4. The molecule has 0 bridgehead atoms. The van der Waals surface area contributed by atoms with E-state index in [2.05, 4.69) is 6.58 Å². The number of nitrogens with zero attached hydrogens (tertiary/aromatic N) is 1. The van der Waals surface area contributed by atoms with Crippen molar-refractivity contribution in [1.82, 2.24) is 4.90 Å². The SMILES string of the molecule is C=CCC1=COC(=O)[C@H](Cc2ccccc2)N1C(=O)OC(C)(C)C. The maximum atomic E-state index is 12.7. The maximum Gasteiger partial charge on any atom is 0.415 e. The Bertz CT molecular complexity index is 643. The van der Waals surface area contributed by atoms with Gasteiger partial charge in [-0.1, -0.05) is 36.4 Å². The van der Waals surface area contributed by atoms with Crippen molar-refractivity contribution in [2.24, 2.45) is 0 Å². The quantitative estimate of drug-likeness (QED) is 0.622. The summed E-state index contributed by atoms with van der Waals surface area (Å²) >= 11 is 0. The van der Waals surface area contributed by atoms with Crippen LogP contribution in [0, 0.1) is 0 Å². The molecule has 0 aliphatic carbocycles. The van der Waals surface area contributed by atoms with Crippen molar-refractivity contribution in [1.29, 1.82) is 0 Å². The fourth-order valence-electron chi connectivity index (χ4n) is 2.43. The number of hydrogen-bond acceptors (Lipinski definition) is 4. The molecule has 0 radical (unpaired) electrons. The normalized spacial score (nSPS) is 17.8. The van der Waals surface area contributed by atoms with E-state index in [-0.39, 0.29) is 0 Å². The second kappa shape index (κ2) is 7.34. The van der Waals surface area contributed by atoms with E-state index in [0.29, 0.717) is 18.5 Å². The van der Waals surface area contributed by atoms with Gasteiger partial charge in [-0.05, 0) is 26.3 Å². The van der Waals surface area contributed by atoms with Crippen LogP contribution in [0.3, 0.4) is 0 Å². The molecule has 0 aromatic heterocycles. The standard InChI is InChI=1S/C19H23NO4/c1-5-9-15-13-23-17(21)16(12-14-10-7-6-8-11-14)20(15)18(22)24-19(2,3)4/h5-8,10-11,13,16H,1,9,12H2,2-4H3/t16-/m0/s1. The minimum Gasteiger partial charge on any atom is -0.443 e. The predicted octanol–water partition coefficient (Wildman–Crippen LogP) is 3.81. The number of benzene rings is 1. The Morgan fingerprint density at radius 3 is 2.58 bits per heavy atom. The third-order valence-corrected chi connectivity index (χ3v) is 3.42. The molecule has 24 heavy (non-hydrogen) atoms. The highest BCUT2D eigenvalue weighted by molar-refractivity contribution is 5.85. The lowest BCUT2D eigenvalue weighted by molar-refractivity contribution is -0.146. The molecule has 1 aliphatic heterocycles. The van der Waals surface area contributed by atoms with Crippen molar-refractivity contribution in [3.05, 3.63) is 60.5 Å². The van der Waals surface area contributed by atoms with E-state index in [9.17, 15) is 9.59 Å². The van der Waals surface area contributed by atoms with Gasteiger partial charge in [0.25, 0.3) is 0 Å². The molecule has 5 heteroatoms. The molecule has 1 atom stereocenters. The van der Waals surface area contributed by atoms with Crippen LogP contribution in [-0.2, 0) is 20.7 Å². The van der Waals surface area contributed by atoms with Crippen LogP contribution in [0.4, 0.5) is 4.79 Å². The van der Waals surface area contributed by atoms with E-state index >= 15 is 0 Å². The average Bonchev–Trinajstić information content (AvgIpc) is 2.50. The van der Waals surface area contributed by atoms with E-state index < -0.39 is 23.7 Å². The number of carbonyl (C=O) groups excluding carboxylic acids is 2. The molecular formula is C19H23NO4. The Hall–Kier alpha value is -2.56. The summed E-state index contributed by atoms with van der Waals surface area (Å²) < 4.78 is 10.6. The Labute approximate surface area is 142 Å². The second-order valence-corrected chi connectivity index (χ2v) is 6.59. The molecule has 0 saturated carbocycles. The lowest BCUT2D eigenvalue weighted by Gasteiger charge is -2.35. The summed E-state index contributed by atoms with van der Waals surface area (Å²) in [5.74, 6) is -0.475. The zero-order chi connectivity index (χ0) is 17.7. The van der Waals surface area contributed by atoms with Gasteiger partial charge in [0.15, 0.2) is 0 Å². The van der Waals surface area contributed by atoms with Crippen molar-refractivity contribution in [3.63, 3.8) is 0 Å². The smallest absolute Gasteiger partial charge is 0.415 e. The van der Waals surface area contributed by atoms with Gasteiger partial charge in [0.2, 0.25) is 0 Å². The monoisotopic (exact) mass is 329 g/mol. The summed E-state index contributed by atoms with van der Waals surface area (Å²) in [6.07, 6.45) is 3.15. The van der Waals surface area contributed by atoms with Crippen molar-refractivity contribution >= 4 is 12.1 Å². The lowest BCUT2D eigenvalue weighted by atomic mass is 10.0. The molecule has 5 nitrogen and oxygen atoms in total. The molecule has 1 amide bonds. The second-order valence-electron chi connectivity index (χ2n) is 6.59. The minimum absolute atomic E-state index is 0.355. The third-order valence-electron chi connectivity index (χ3n) is 3.42. The van der Waals surface area contributed by atoms with Crippen molar-refractivity contribution < 1.29 is 19.1 Å². The predicted molar refractivity (Wildman–Crippen MR) is 91.0 cm³/mol. The zero-order valence-corrected chi connectivity index (χ0v) is 14.3. The topological polar surface area (TPSA) is 55.8 Å². The highest BCUT2D eigenvalue weighted by Crippen LogP contribution is 2.25. The van der Waals surface area contributed by atoms with Crippen molar-refractivity contribution in [3.8, 4) is 0 Å². The lowest BCUT2D eigenvalue weighted by Crippen LogP contribution is -2.50. The summed E-state index contributed by atoms with van der Waals surface area (Å²) in [5.41, 5.74) is 0.835. The largest absolute Gasteiger partial charge is 0.443 e. The van der Waals surface area contributed by atoms with Crippen LogP contribution in [0.25, 0.3) is 0 Å². The van der Waals surface area contributed by atoms with Gasteiger partial charge in [-0.15, -0.1) is 6.58 Å². The first-order valence-corrected chi connectivity index (χ1v) is 7.88. The Kier molecular flexibility index (Phi) is 5.44. The summed E-state index contributed by atoms with van der Waals surface area (Å²) in [4.78, 5) is 26.3. The third kappa shape index (κ3) is 4.47. The molecule has 1 aliphatic rings. The average molecular weight is 329 g/mol. The number of carbonyl (C=O) groups is 2. The molecule has 0 unspecified atom stereocenters. The molecular weight excluding hydrogens is 306 g/mol. The van der Waals surface area contributed by atoms with Gasteiger partial charge < -0.3 is 9.47 Å². The minimum atomic E-state index is -0.762. The van der Waals surface area contributed by atoms with Gasteiger partial charge in [0.05, 0.1) is 5.70 Å². The number of amides is 1. The van der Waals surface area contributed by atoms with Gasteiger partial charge >= 0.3 is 12.1 Å². The summed E-state index contributed by atoms with van der Waals surface area (Å²) in [6.45, 7) is 9.05. The van der Waals surface area contributed by atoms with Crippen LogP contribution in [0.15, 0.2) is 54.9 Å². The molecule has 1 aromatic rings. The summed E-state index contributed by atoms with van der Waals surface area (Å²) in [7, 11) is 0. The molecule has 1 heterocycles. The molecule has 0 fully saturated rings. The molecule has 1 aromatic carbocycles. The molecule has 0 saturated heterocycles. The number of ether oxygens (including phenoxy) is 2. The fraction of sp³-hybridized carbons (Fsp3) is 0.368. The number of cyclic esters (lactones) is 1. The summed E-state index contributed by atoms with van der Waals surface area (Å²) in [6, 6.07) is 8.74. The van der Waals surface area contributed by atoms with Gasteiger partial charge in [-0.3, -0.25) is 4.90 Å². The highest BCUT2D eigenvalue weighted by atomic mass is 16.6. The molecule has 0 N–H and O–H groups in total. The van der Waals surface area contributed by atoms with Gasteiger partial charge in [-0.2, -0.15) is 0 Å². The van der Waals surface area contributed by atoms with E-state index in [1.165, 1.54) is 11.2 Å². The first-order valence-electron chi connectivity index (χ1n) is 7.88. The first kappa shape index (κ1) is 17.8. The van der Waals surface area contributed by atoms with Crippen molar-refractivity contribution in [2.75, 3.05) is 0 Å². The fourth-order valence-corrected chi connectivity index (χ4v) is 2.43. The van der Waals surface area contributed by atoms with Gasteiger partial charge in [0, 0.05) is 12.8 Å². The molecule has 128 valence electrons. The summed E-state index contributed by atoms with van der Waals surface area (Å²) in [5, 5.41) is 0. The number of esters is 1. The van der Waals surface area contributed by atoms with Crippen LogP contribution >= 0.6 is 0 Å². The number of hydrogen-bond donors (Lipinski definition) is 0. The van der Waals surface area contributed by atoms with Crippen LogP contribution < -0.4 is 0 Å². The van der Waals surface area contributed by atoms with Crippen LogP contribution in [-0.4, -0.2) is 28.6 Å². The maximum absolute atomic E-state index is 12.7. The Morgan fingerprint density at radius 1 is 1.33 bits per heavy atom. The van der Waals surface area contributed by atoms with Crippen molar-refractivity contribution in [2.45, 2.75) is 45.3 Å². The Balaban J connectivity index is 2.32. The van der Waals surface area contributed by atoms with Gasteiger partial charge in [0.1, 0.15) is 17.9 Å². The van der Waals surface area contributed by atoms with Gasteiger partial charge in [-0.25, -0.2) is 9.59 Å². The van der Waals surface area contributed by atoms with E-state index in [1.54, 1.807) is 26.8 Å². The Morgan fingerprint density at radius 2 is 2.00 bits per heavy atom. The van der Waals surface area contributed by atoms with Crippen LogP contribution in [0.1, 0.15) is 32.8 Å². The molecule has 2 rings (SSSR count). The van der Waals surface area contributed by atoms with E-state index in [1.807, 2.05) is 30.3 Å². The van der Waals surface area contributed by atoms with E-state index in [4.69, 9.17) is 9.47 Å². The van der Waals surface area contributed by atoms with Crippen LogP contribution in [0.5, 0.6) is 0 Å². The van der Waals surface area contributed by atoms with Crippen LogP contribution in [0.2, 0.25) is 0 Å². The first-order chi connectivity index (χ1) is 11.3. The highest BCUT2D eigenvalue weighted by Gasteiger charge is 2.39.